The zero-order chi connectivity index (χ0) is 18.1. The lowest BCUT2D eigenvalue weighted by atomic mass is 10.1. The van der Waals surface area contributed by atoms with Gasteiger partial charge in [-0.05, 0) is 21.5 Å². The number of pyridine rings is 1. The summed E-state index contributed by atoms with van der Waals surface area (Å²) in [6.07, 6.45) is 6.08. The molecule has 0 aliphatic heterocycles. The van der Waals surface area contributed by atoms with Gasteiger partial charge in [0.25, 0.3) is 0 Å². The average molecular weight is 347 g/mol. The minimum Gasteiger partial charge on any atom is -0.358 e. The van der Waals surface area contributed by atoms with Crippen LogP contribution in [0.1, 0.15) is 5.56 Å². The van der Waals surface area contributed by atoms with Gasteiger partial charge in [-0.25, -0.2) is 0 Å². The van der Waals surface area contributed by atoms with E-state index in [1.54, 1.807) is 18.6 Å². The molecule has 0 bridgehead atoms. The molecule has 0 atom stereocenters. The number of aromatic nitrogens is 4. The number of hydrogen-bond donors (Lipinski definition) is 0. The summed E-state index contributed by atoms with van der Waals surface area (Å²) in [6, 6.07) is 13.6. The van der Waals surface area contributed by atoms with Gasteiger partial charge in [0.05, 0.1) is 12.2 Å². The number of nitro groups is 1. The highest BCUT2D eigenvalue weighted by molar-refractivity contribution is 5.58. The fraction of sp³-hybridized carbons (Fsp3) is 0.0556. The van der Waals surface area contributed by atoms with Crippen molar-refractivity contribution in [3.63, 3.8) is 0 Å². The molecule has 0 saturated heterocycles. The molecule has 0 spiro atoms. The molecule has 3 heterocycles. The zero-order valence-corrected chi connectivity index (χ0v) is 13.5. The molecule has 0 aliphatic rings. The summed E-state index contributed by atoms with van der Waals surface area (Å²) in [5, 5.41) is 10.8. The van der Waals surface area contributed by atoms with Crippen LogP contribution in [0.5, 0.6) is 0 Å². The minimum absolute atomic E-state index is 0.0214. The molecule has 128 valence electrons. The molecule has 8 heteroatoms. The minimum atomic E-state index is -0.622. The Morgan fingerprint density at radius 2 is 1.88 bits per heavy atom. The maximum Gasteiger partial charge on any atom is 0.382 e. The lowest BCUT2D eigenvalue weighted by Crippen LogP contribution is -2.22. The summed E-state index contributed by atoms with van der Waals surface area (Å²) in [5.41, 5.74) is 2.33. The van der Waals surface area contributed by atoms with Crippen LogP contribution in [0.15, 0.2) is 72.0 Å². The van der Waals surface area contributed by atoms with Crippen molar-refractivity contribution in [2.24, 2.45) is 0 Å². The predicted molar refractivity (Wildman–Crippen MR) is 94.9 cm³/mol. The van der Waals surface area contributed by atoms with Crippen LogP contribution in [0.4, 0.5) is 5.82 Å². The van der Waals surface area contributed by atoms with Crippen LogP contribution in [0, 0.1) is 10.1 Å². The second-order valence-electron chi connectivity index (χ2n) is 5.74. The first kappa shape index (κ1) is 15.7. The molecule has 0 unspecified atom stereocenters. The molecular weight excluding hydrogens is 334 g/mol. The van der Waals surface area contributed by atoms with Crippen LogP contribution in [0.3, 0.4) is 0 Å². The highest BCUT2D eigenvalue weighted by Gasteiger charge is 2.17. The van der Waals surface area contributed by atoms with Gasteiger partial charge in [-0.3, -0.25) is 14.2 Å². The Morgan fingerprint density at radius 1 is 1.08 bits per heavy atom. The van der Waals surface area contributed by atoms with Crippen LogP contribution in [0.2, 0.25) is 0 Å². The predicted octanol–water partition coefficient (Wildman–Crippen LogP) is 2.51. The van der Waals surface area contributed by atoms with Crippen molar-refractivity contribution < 1.29 is 4.92 Å². The van der Waals surface area contributed by atoms with Crippen LogP contribution in [-0.2, 0) is 6.54 Å². The lowest BCUT2D eigenvalue weighted by molar-refractivity contribution is -0.389. The summed E-state index contributed by atoms with van der Waals surface area (Å²) in [4.78, 5) is 30.9. The fourth-order valence-electron chi connectivity index (χ4n) is 2.71. The molecule has 26 heavy (non-hydrogen) atoms. The van der Waals surface area contributed by atoms with E-state index in [2.05, 4.69) is 9.97 Å². The molecule has 0 aliphatic carbocycles. The van der Waals surface area contributed by atoms with E-state index in [1.807, 2.05) is 42.5 Å². The number of rotatable bonds is 4. The average Bonchev–Trinajstić information content (AvgIpc) is 3.11. The van der Waals surface area contributed by atoms with Gasteiger partial charge in [0, 0.05) is 24.2 Å². The Hall–Kier alpha value is -3.81. The first-order valence-electron chi connectivity index (χ1n) is 7.85. The van der Waals surface area contributed by atoms with Gasteiger partial charge in [0.2, 0.25) is 0 Å². The van der Waals surface area contributed by atoms with E-state index in [4.69, 9.17) is 0 Å². The summed E-state index contributed by atoms with van der Waals surface area (Å²) >= 11 is 0. The van der Waals surface area contributed by atoms with Crippen molar-refractivity contribution in [1.82, 2.24) is 18.9 Å². The van der Waals surface area contributed by atoms with Crippen LogP contribution >= 0.6 is 0 Å². The Balaban J connectivity index is 1.64. The summed E-state index contributed by atoms with van der Waals surface area (Å²) in [5.74, 6) is -0.353. The van der Waals surface area contributed by atoms with E-state index in [0.29, 0.717) is 6.54 Å². The topological polar surface area (TPSA) is 95.3 Å². The third kappa shape index (κ3) is 2.84. The van der Waals surface area contributed by atoms with Crippen molar-refractivity contribution in [2.75, 3.05) is 0 Å². The quantitative estimate of drug-likeness (QED) is 0.417. The first-order valence-corrected chi connectivity index (χ1v) is 7.85. The second-order valence-corrected chi connectivity index (χ2v) is 5.74. The van der Waals surface area contributed by atoms with E-state index in [9.17, 15) is 14.9 Å². The smallest absolute Gasteiger partial charge is 0.358 e. The van der Waals surface area contributed by atoms with Crippen molar-refractivity contribution in [3.05, 3.63) is 93.3 Å². The molecule has 0 radical (unpaired) electrons. The monoisotopic (exact) mass is 347 g/mol. The summed E-state index contributed by atoms with van der Waals surface area (Å²) in [7, 11) is 0. The van der Waals surface area contributed by atoms with Crippen molar-refractivity contribution >= 4 is 11.5 Å². The van der Waals surface area contributed by atoms with Gasteiger partial charge < -0.3 is 14.7 Å². The summed E-state index contributed by atoms with van der Waals surface area (Å²) in [6.45, 7) is 0.304. The normalized spacial score (nSPS) is 10.9. The van der Waals surface area contributed by atoms with E-state index in [-0.39, 0.29) is 11.5 Å². The molecule has 4 aromatic rings. The molecule has 0 N–H and O–H groups in total. The Bertz CT molecular complexity index is 1150. The van der Waals surface area contributed by atoms with Crippen LogP contribution in [0.25, 0.3) is 16.9 Å². The molecule has 1 aromatic carbocycles. The van der Waals surface area contributed by atoms with Crippen LogP contribution < -0.4 is 5.56 Å². The van der Waals surface area contributed by atoms with Gasteiger partial charge in [-0.15, -0.1) is 0 Å². The van der Waals surface area contributed by atoms with Gasteiger partial charge >= 0.3 is 17.0 Å². The maximum absolute atomic E-state index is 12.5. The van der Waals surface area contributed by atoms with Crippen molar-refractivity contribution in [1.29, 1.82) is 0 Å². The van der Waals surface area contributed by atoms with Gasteiger partial charge in [-0.1, -0.05) is 36.4 Å². The molecule has 0 amide bonds. The largest absolute Gasteiger partial charge is 0.382 e. The molecule has 0 fully saturated rings. The highest BCUT2D eigenvalue weighted by Crippen LogP contribution is 2.16. The summed E-state index contributed by atoms with van der Waals surface area (Å²) < 4.78 is 2.80. The van der Waals surface area contributed by atoms with Crippen LogP contribution in [-0.4, -0.2) is 23.9 Å². The Labute approximate surface area is 147 Å². The zero-order valence-electron chi connectivity index (χ0n) is 13.5. The van der Waals surface area contributed by atoms with Gasteiger partial charge in [-0.2, -0.15) is 0 Å². The number of imidazole rings is 1. The van der Waals surface area contributed by atoms with Crippen molar-refractivity contribution in [3.8, 4) is 11.3 Å². The van der Waals surface area contributed by atoms with E-state index >= 15 is 0 Å². The van der Waals surface area contributed by atoms with E-state index in [0.717, 1.165) is 16.8 Å². The Morgan fingerprint density at radius 3 is 2.58 bits per heavy atom. The standard InChI is InChI=1S/C18H13N5O3/c24-18-17-20-16(23(25)26)12-21(17)8-9-22(18)11-13-6-7-15(19-10-13)14-4-2-1-3-5-14/h1-10,12H,11H2. The highest BCUT2D eigenvalue weighted by atomic mass is 16.6. The van der Waals surface area contributed by atoms with E-state index < -0.39 is 10.5 Å². The molecule has 0 saturated carbocycles. The number of fused-ring (bicyclic) bond motifs is 1. The SMILES string of the molecule is O=c1c2nc([N+](=O)[O-])cn2ccn1Cc1ccc(-c2ccccc2)nc1. The van der Waals surface area contributed by atoms with Gasteiger partial charge in [0.15, 0.2) is 0 Å². The number of benzene rings is 1. The lowest BCUT2D eigenvalue weighted by Gasteiger charge is -2.06. The number of hydrogen-bond acceptors (Lipinski definition) is 5. The number of nitrogens with zero attached hydrogens (tertiary/aromatic N) is 5. The second kappa shape index (κ2) is 6.25. The van der Waals surface area contributed by atoms with Crippen molar-refractivity contribution in [2.45, 2.75) is 6.54 Å². The third-order valence-corrected chi connectivity index (χ3v) is 4.01. The van der Waals surface area contributed by atoms with Gasteiger partial charge in [0.1, 0.15) is 6.20 Å². The third-order valence-electron chi connectivity index (χ3n) is 4.01. The first-order chi connectivity index (χ1) is 12.6. The Kier molecular flexibility index (Phi) is 3.77. The maximum atomic E-state index is 12.5. The fourth-order valence-corrected chi connectivity index (χ4v) is 2.71. The molecule has 8 nitrogen and oxygen atoms in total. The molecule has 3 aromatic heterocycles. The molecular formula is C18H13N5O3. The van der Waals surface area contributed by atoms with E-state index in [1.165, 1.54) is 15.2 Å². The molecule has 4 rings (SSSR count).